The van der Waals surface area contributed by atoms with Crippen molar-refractivity contribution in [3.8, 4) is 0 Å². The molecule has 0 atom stereocenters. The molecule has 2 aromatic rings. The molecule has 0 heterocycles. The third kappa shape index (κ3) is 4.14. The molecular formula is C15H12BrClF3N. The average molecular weight is 379 g/mol. The molecule has 0 bridgehead atoms. The second-order valence-corrected chi connectivity index (χ2v) is 5.89. The number of rotatable bonds is 3. The SMILES string of the molecule is Cc1cc(Br)c(NCc2ccc(C(F)(F)F)cc2)cc1Cl. The normalized spacial score (nSPS) is 11.5. The molecule has 0 aliphatic carbocycles. The molecule has 0 unspecified atom stereocenters. The molecule has 1 N–H and O–H groups in total. The lowest BCUT2D eigenvalue weighted by atomic mass is 10.1. The molecule has 112 valence electrons. The number of alkyl halides is 3. The maximum Gasteiger partial charge on any atom is 0.416 e. The minimum atomic E-state index is -4.31. The Bertz CT molecular complexity index is 639. The Hall–Kier alpha value is -1.20. The minimum absolute atomic E-state index is 0.413. The van der Waals surface area contributed by atoms with Gasteiger partial charge < -0.3 is 5.32 Å². The quantitative estimate of drug-likeness (QED) is 0.686. The third-order valence-corrected chi connectivity index (χ3v) is 4.08. The summed E-state index contributed by atoms with van der Waals surface area (Å²) >= 11 is 9.48. The van der Waals surface area contributed by atoms with E-state index in [2.05, 4.69) is 21.2 Å². The van der Waals surface area contributed by atoms with Crippen molar-refractivity contribution in [2.24, 2.45) is 0 Å². The standard InChI is InChI=1S/C15H12BrClF3N/c1-9-6-12(16)14(7-13(9)17)21-8-10-2-4-11(5-3-10)15(18,19)20/h2-7,21H,8H2,1H3. The highest BCUT2D eigenvalue weighted by molar-refractivity contribution is 9.10. The van der Waals surface area contributed by atoms with Gasteiger partial charge in [0.15, 0.2) is 0 Å². The first-order valence-corrected chi connectivity index (χ1v) is 7.30. The van der Waals surface area contributed by atoms with Gasteiger partial charge in [0.25, 0.3) is 0 Å². The zero-order chi connectivity index (χ0) is 15.6. The van der Waals surface area contributed by atoms with Crippen molar-refractivity contribution in [2.75, 3.05) is 5.32 Å². The number of nitrogens with one attached hydrogen (secondary N) is 1. The van der Waals surface area contributed by atoms with Gasteiger partial charge in [-0.3, -0.25) is 0 Å². The molecule has 21 heavy (non-hydrogen) atoms. The van der Waals surface area contributed by atoms with Gasteiger partial charge in [-0.2, -0.15) is 13.2 Å². The van der Waals surface area contributed by atoms with Crippen LogP contribution in [0, 0.1) is 6.92 Å². The van der Waals surface area contributed by atoms with E-state index in [0.717, 1.165) is 33.4 Å². The topological polar surface area (TPSA) is 12.0 Å². The van der Waals surface area contributed by atoms with Crippen LogP contribution < -0.4 is 5.32 Å². The van der Waals surface area contributed by atoms with Crippen molar-refractivity contribution in [3.63, 3.8) is 0 Å². The zero-order valence-corrected chi connectivity index (χ0v) is 13.4. The van der Waals surface area contributed by atoms with E-state index in [1.165, 1.54) is 12.1 Å². The van der Waals surface area contributed by atoms with Gasteiger partial charge in [-0.25, -0.2) is 0 Å². The van der Waals surface area contributed by atoms with Gasteiger partial charge in [0.05, 0.1) is 11.3 Å². The number of aryl methyl sites for hydroxylation is 1. The van der Waals surface area contributed by atoms with Crippen LogP contribution in [-0.4, -0.2) is 0 Å². The van der Waals surface area contributed by atoms with Crippen molar-refractivity contribution in [3.05, 3.63) is 62.6 Å². The zero-order valence-electron chi connectivity index (χ0n) is 11.1. The molecule has 0 radical (unpaired) electrons. The summed E-state index contributed by atoms with van der Waals surface area (Å²) in [7, 11) is 0. The van der Waals surface area contributed by atoms with Gasteiger partial charge in [0.1, 0.15) is 0 Å². The van der Waals surface area contributed by atoms with E-state index < -0.39 is 11.7 Å². The van der Waals surface area contributed by atoms with Crippen LogP contribution >= 0.6 is 27.5 Å². The molecular weight excluding hydrogens is 367 g/mol. The van der Waals surface area contributed by atoms with E-state index in [0.29, 0.717) is 11.6 Å². The lowest BCUT2D eigenvalue weighted by molar-refractivity contribution is -0.137. The number of halogens is 5. The predicted octanol–water partition coefficient (Wildman–Crippen LogP) is 6.04. The number of hydrogen-bond acceptors (Lipinski definition) is 1. The van der Waals surface area contributed by atoms with Crippen molar-refractivity contribution < 1.29 is 13.2 Å². The van der Waals surface area contributed by atoms with Crippen LogP contribution in [0.2, 0.25) is 5.02 Å². The fourth-order valence-electron chi connectivity index (χ4n) is 1.79. The van der Waals surface area contributed by atoms with Gasteiger partial charge in [-0.15, -0.1) is 0 Å². The molecule has 0 aliphatic heterocycles. The third-order valence-electron chi connectivity index (χ3n) is 3.01. The highest BCUT2D eigenvalue weighted by atomic mass is 79.9. The summed E-state index contributed by atoms with van der Waals surface area (Å²) in [6.45, 7) is 2.31. The Morgan fingerprint density at radius 2 is 1.76 bits per heavy atom. The Morgan fingerprint density at radius 1 is 1.14 bits per heavy atom. The Balaban J connectivity index is 2.08. The second kappa shape index (κ2) is 6.28. The Kier molecular flexibility index (Phi) is 4.84. The molecule has 0 amide bonds. The maximum atomic E-state index is 12.5. The van der Waals surface area contributed by atoms with Crippen LogP contribution in [0.5, 0.6) is 0 Å². The molecule has 0 saturated heterocycles. The van der Waals surface area contributed by atoms with Gasteiger partial charge in [0.2, 0.25) is 0 Å². The predicted molar refractivity (Wildman–Crippen MR) is 82.7 cm³/mol. The van der Waals surface area contributed by atoms with E-state index in [1.807, 2.05) is 13.0 Å². The summed E-state index contributed by atoms with van der Waals surface area (Å²) in [5.41, 5.74) is 1.85. The van der Waals surface area contributed by atoms with Gasteiger partial charge in [-0.1, -0.05) is 23.7 Å². The lowest BCUT2D eigenvalue weighted by Crippen LogP contribution is -2.05. The fourth-order valence-corrected chi connectivity index (χ4v) is 2.55. The molecule has 6 heteroatoms. The van der Waals surface area contributed by atoms with Crippen molar-refractivity contribution in [1.29, 1.82) is 0 Å². The van der Waals surface area contributed by atoms with Crippen LogP contribution in [-0.2, 0) is 12.7 Å². The van der Waals surface area contributed by atoms with Crippen LogP contribution in [0.1, 0.15) is 16.7 Å². The average Bonchev–Trinajstić information content (AvgIpc) is 2.41. The van der Waals surface area contributed by atoms with E-state index >= 15 is 0 Å². The van der Waals surface area contributed by atoms with E-state index in [9.17, 15) is 13.2 Å². The Labute approximate surface area is 134 Å². The molecule has 0 aliphatic rings. The summed E-state index contributed by atoms with van der Waals surface area (Å²) in [4.78, 5) is 0. The van der Waals surface area contributed by atoms with E-state index in [-0.39, 0.29) is 0 Å². The van der Waals surface area contributed by atoms with Crippen molar-refractivity contribution >= 4 is 33.2 Å². The van der Waals surface area contributed by atoms with E-state index in [1.54, 1.807) is 6.07 Å². The largest absolute Gasteiger partial charge is 0.416 e. The van der Waals surface area contributed by atoms with Crippen LogP contribution in [0.4, 0.5) is 18.9 Å². The molecule has 0 aromatic heterocycles. The first kappa shape index (κ1) is 16.2. The summed E-state index contributed by atoms with van der Waals surface area (Å²) in [6, 6.07) is 8.74. The lowest BCUT2D eigenvalue weighted by Gasteiger charge is -2.12. The fraction of sp³-hybridized carbons (Fsp3) is 0.200. The monoisotopic (exact) mass is 377 g/mol. The van der Waals surface area contributed by atoms with Gasteiger partial charge in [0, 0.05) is 16.0 Å². The first-order chi connectivity index (χ1) is 9.77. The van der Waals surface area contributed by atoms with Crippen LogP contribution in [0.3, 0.4) is 0 Å². The molecule has 0 spiro atoms. The number of anilines is 1. The smallest absolute Gasteiger partial charge is 0.380 e. The van der Waals surface area contributed by atoms with Gasteiger partial charge in [-0.05, 0) is 58.2 Å². The van der Waals surface area contributed by atoms with Crippen molar-refractivity contribution in [1.82, 2.24) is 0 Å². The van der Waals surface area contributed by atoms with E-state index in [4.69, 9.17) is 11.6 Å². The van der Waals surface area contributed by atoms with Crippen molar-refractivity contribution in [2.45, 2.75) is 19.6 Å². The summed E-state index contributed by atoms with van der Waals surface area (Å²) in [6.07, 6.45) is -4.31. The van der Waals surface area contributed by atoms with Crippen LogP contribution in [0.15, 0.2) is 40.9 Å². The Morgan fingerprint density at radius 3 is 2.33 bits per heavy atom. The molecule has 2 aromatic carbocycles. The second-order valence-electron chi connectivity index (χ2n) is 4.63. The molecule has 1 nitrogen and oxygen atoms in total. The highest BCUT2D eigenvalue weighted by Gasteiger charge is 2.29. The molecule has 0 fully saturated rings. The minimum Gasteiger partial charge on any atom is -0.380 e. The molecule has 2 rings (SSSR count). The van der Waals surface area contributed by atoms with Gasteiger partial charge >= 0.3 is 6.18 Å². The number of hydrogen-bond donors (Lipinski definition) is 1. The highest BCUT2D eigenvalue weighted by Crippen LogP contribution is 2.31. The summed E-state index contributed by atoms with van der Waals surface area (Å²) < 4.78 is 38.3. The molecule has 0 saturated carbocycles. The first-order valence-electron chi connectivity index (χ1n) is 6.13. The maximum absolute atomic E-state index is 12.5. The summed E-state index contributed by atoms with van der Waals surface area (Å²) in [5.74, 6) is 0. The number of benzene rings is 2. The van der Waals surface area contributed by atoms with Crippen LogP contribution in [0.25, 0.3) is 0 Å². The summed E-state index contributed by atoms with van der Waals surface area (Å²) in [5, 5.41) is 3.78.